The second-order valence-electron chi connectivity index (χ2n) is 5.04. The van der Waals surface area contributed by atoms with E-state index in [0.29, 0.717) is 0 Å². The lowest BCUT2D eigenvalue weighted by Crippen LogP contribution is -2.04. The fourth-order valence-corrected chi connectivity index (χ4v) is 2.78. The van der Waals surface area contributed by atoms with Crippen LogP contribution in [0.15, 0.2) is 24.4 Å². The maximum Gasteiger partial charge on any atom is 0.0672 e. The number of hydrogen-bond donors (Lipinski definition) is 1. The van der Waals surface area contributed by atoms with Gasteiger partial charge in [-0.15, -0.1) is 0 Å². The second kappa shape index (κ2) is 4.25. The van der Waals surface area contributed by atoms with Crippen LogP contribution in [-0.2, 0) is 13.0 Å². The number of hydrogen-bond acceptors (Lipinski definition) is 2. The Morgan fingerprint density at radius 1 is 1.44 bits per heavy atom. The molecule has 0 saturated heterocycles. The van der Waals surface area contributed by atoms with Gasteiger partial charge in [0.05, 0.1) is 5.69 Å². The van der Waals surface area contributed by atoms with Gasteiger partial charge >= 0.3 is 0 Å². The molecular formula is C15H19N3. The molecule has 1 unspecified atom stereocenters. The molecule has 3 heteroatoms. The Labute approximate surface area is 108 Å². The average Bonchev–Trinajstić information content (AvgIpc) is 2.93. The summed E-state index contributed by atoms with van der Waals surface area (Å²) in [4.78, 5) is 0. The summed E-state index contributed by atoms with van der Waals surface area (Å²) >= 11 is 0. The number of aryl methyl sites for hydroxylation is 3. The van der Waals surface area contributed by atoms with E-state index in [2.05, 4.69) is 43.3 Å². The van der Waals surface area contributed by atoms with Gasteiger partial charge in [-0.3, -0.25) is 4.68 Å². The molecule has 0 saturated carbocycles. The Bertz CT molecular complexity index is 583. The van der Waals surface area contributed by atoms with Crippen LogP contribution in [0, 0.1) is 6.92 Å². The lowest BCUT2D eigenvalue weighted by atomic mass is 10.0. The highest BCUT2D eigenvalue weighted by atomic mass is 15.3. The summed E-state index contributed by atoms with van der Waals surface area (Å²) in [5.41, 5.74) is 12.4. The molecule has 0 radical (unpaired) electrons. The van der Waals surface area contributed by atoms with Crippen molar-refractivity contribution < 1.29 is 0 Å². The minimum absolute atomic E-state index is 0.230. The maximum absolute atomic E-state index is 6.07. The normalized spacial score (nSPS) is 18.1. The first-order valence-corrected chi connectivity index (χ1v) is 6.62. The molecule has 18 heavy (non-hydrogen) atoms. The van der Waals surface area contributed by atoms with E-state index in [4.69, 9.17) is 5.73 Å². The molecule has 0 amide bonds. The first-order valence-electron chi connectivity index (χ1n) is 6.62. The first kappa shape index (κ1) is 11.5. The molecule has 0 fully saturated rings. The number of aromatic nitrogens is 2. The highest BCUT2D eigenvalue weighted by Crippen LogP contribution is 2.33. The molecule has 1 atom stereocenters. The molecule has 2 aromatic rings. The number of fused-ring (bicyclic) bond motifs is 1. The summed E-state index contributed by atoms with van der Waals surface area (Å²) in [5.74, 6) is 0. The molecule has 1 aliphatic carbocycles. The van der Waals surface area contributed by atoms with Crippen molar-refractivity contribution in [3.63, 3.8) is 0 Å². The molecule has 0 bridgehead atoms. The summed E-state index contributed by atoms with van der Waals surface area (Å²) in [6, 6.07) is 6.87. The zero-order valence-corrected chi connectivity index (χ0v) is 11.0. The van der Waals surface area contributed by atoms with E-state index in [-0.39, 0.29) is 6.04 Å². The Morgan fingerprint density at radius 2 is 2.28 bits per heavy atom. The maximum atomic E-state index is 6.07. The number of benzene rings is 1. The Balaban J connectivity index is 2.04. The van der Waals surface area contributed by atoms with Crippen LogP contribution < -0.4 is 5.73 Å². The molecule has 1 heterocycles. The summed E-state index contributed by atoms with van der Waals surface area (Å²) in [7, 11) is 0. The summed E-state index contributed by atoms with van der Waals surface area (Å²) < 4.78 is 1.99. The van der Waals surface area contributed by atoms with Crippen LogP contribution in [0.1, 0.15) is 36.2 Å². The smallest absolute Gasteiger partial charge is 0.0672 e. The minimum Gasteiger partial charge on any atom is -0.324 e. The monoisotopic (exact) mass is 241 g/mol. The van der Waals surface area contributed by atoms with Crippen molar-refractivity contribution in [1.29, 1.82) is 0 Å². The minimum atomic E-state index is 0.230. The zero-order chi connectivity index (χ0) is 12.7. The fraction of sp³-hybridized carbons (Fsp3) is 0.400. The standard InChI is InChI=1S/C15H19N3/c1-3-18-9-14(10(2)17-18)12-4-6-13-11(8-12)5-7-15(13)16/h4,6,8-9,15H,3,5,7,16H2,1-2H3. The van der Waals surface area contributed by atoms with Gasteiger partial charge in [-0.2, -0.15) is 5.10 Å². The first-order chi connectivity index (χ1) is 8.69. The summed E-state index contributed by atoms with van der Waals surface area (Å²) in [5, 5.41) is 4.51. The zero-order valence-electron chi connectivity index (χ0n) is 11.0. The molecule has 1 aromatic carbocycles. The van der Waals surface area contributed by atoms with Crippen LogP contribution >= 0.6 is 0 Å². The molecule has 94 valence electrons. The van der Waals surface area contributed by atoms with Gasteiger partial charge in [0.15, 0.2) is 0 Å². The summed E-state index contributed by atoms with van der Waals surface area (Å²) in [6.45, 7) is 5.09. The van der Waals surface area contributed by atoms with Crippen LogP contribution in [0.25, 0.3) is 11.1 Å². The van der Waals surface area contributed by atoms with Gasteiger partial charge in [0.1, 0.15) is 0 Å². The molecule has 0 aliphatic heterocycles. The van der Waals surface area contributed by atoms with Crippen LogP contribution in [0.5, 0.6) is 0 Å². The third-order valence-corrected chi connectivity index (χ3v) is 3.85. The Morgan fingerprint density at radius 3 is 3.00 bits per heavy atom. The fourth-order valence-electron chi connectivity index (χ4n) is 2.78. The quantitative estimate of drug-likeness (QED) is 0.878. The Kier molecular flexibility index (Phi) is 2.71. The van der Waals surface area contributed by atoms with Crippen molar-refractivity contribution in [3.05, 3.63) is 41.2 Å². The van der Waals surface area contributed by atoms with Gasteiger partial charge in [-0.25, -0.2) is 0 Å². The van der Waals surface area contributed by atoms with Crippen molar-refractivity contribution in [2.75, 3.05) is 0 Å². The Hall–Kier alpha value is -1.61. The van der Waals surface area contributed by atoms with E-state index in [1.807, 2.05) is 4.68 Å². The van der Waals surface area contributed by atoms with Crippen molar-refractivity contribution in [2.24, 2.45) is 5.73 Å². The van der Waals surface area contributed by atoms with Crippen molar-refractivity contribution in [3.8, 4) is 11.1 Å². The van der Waals surface area contributed by atoms with Crippen molar-refractivity contribution in [1.82, 2.24) is 9.78 Å². The molecule has 2 N–H and O–H groups in total. The topological polar surface area (TPSA) is 43.8 Å². The summed E-state index contributed by atoms with van der Waals surface area (Å²) in [6.07, 6.45) is 4.31. The van der Waals surface area contributed by atoms with Crippen LogP contribution in [0.2, 0.25) is 0 Å². The molecule has 1 aliphatic rings. The SMILES string of the molecule is CCn1cc(-c2ccc3c(c2)CCC3N)c(C)n1. The number of rotatable bonds is 2. The highest BCUT2D eigenvalue weighted by molar-refractivity contribution is 5.67. The van der Waals surface area contributed by atoms with Crippen molar-refractivity contribution in [2.45, 2.75) is 39.3 Å². The lowest BCUT2D eigenvalue weighted by Gasteiger charge is -2.06. The van der Waals surface area contributed by atoms with Crippen LogP contribution in [0.4, 0.5) is 0 Å². The van der Waals surface area contributed by atoms with Crippen LogP contribution in [-0.4, -0.2) is 9.78 Å². The van der Waals surface area contributed by atoms with Gasteiger partial charge in [0, 0.05) is 24.3 Å². The van der Waals surface area contributed by atoms with Gasteiger partial charge < -0.3 is 5.73 Å². The van der Waals surface area contributed by atoms with Crippen molar-refractivity contribution >= 4 is 0 Å². The van der Waals surface area contributed by atoms with Gasteiger partial charge in [-0.1, -0.05) is 18.2 Å². The molecular weight excluding hydrogens is 222 g/mol. The number of nitrogens with zero attached hydrogens (tertiary/aromatic N) is 2. The third-order valence-electron chi connectivity index (χ3n) is 3.85. The van der Waals surface area contributed by atoms with E-state index >= 15 is 0 Å². The van der Waals surface area contributed by atoms with E-state index in [0.717, 1.165) is 25.1 Å². The highest BCUT2D eigenvalue weighted by Gasteiger charge is 2.19. The average molecular weight is 241 g/mol. The van der Waals surface area contributed by atoms with E-state index < -0.39 is 0 Å². The predicted octanol–water partition coefficient (Wildman–Crippen LogP) is 2.82. The van der Waals surface area contributed by atoms with E-state index in [9.17, 15) is 0 Å². The second-order valence-corrected chi connectivity index (χ2v) is 5.04. The number of nitrogens with two attached hydrogens (primary N) is 1. The van der Waals surface area contributed by atoms with Crippen LogP contribution in [0.3, 0.4) is 0 Å². The van der Waals surface area contributed by atoms with Gasteiger partial charge in [0.2, 0.25) is 0 Å². The van der Waals surface area contributed by atoms with Gasteiger partial charge in [0.25, 0.3) is 0 Å². The lowest BCUT2D eigenvalue weighted by molar-refractivity contribution is 0.653. The third kappa shape index (κ3) is 1.75. The molecule has 0 spiro atoms. The van der Waals surface area contributed by atoms with E-state index in [1.54, 1.807) is 0 Å². The van der Waals surface area contributed by atoms with E-state index in [1.165, 1.54) is 22.3 Å². The molecule has 3 nitrogen and oxygen atoms in total. The predicted molar refractivity (Wildman–Crippen MR) is 73.3 cm³/mol. The van der Waals surface area contributed by atoms with Gasteiger partial charge in [-0.05, 0) is 43.4 Å². The molecule has 3 rings (SSSR count). The largest absolute Gasteiger partial charge is 0.324 e. The molecule has 1 aromatic heterocycles.